The Morgan fingerprint density at radius 1 is 1.28 bits per heavy atom. The van der Waals surface area contributed by atoms with Gasteiger partial charge in [0.15, 0.2) is 12.1 Å². The number of aldehydes is 1. The largest absolute Gasteiger partial charge is 0.334 e. The number of fused-ring (bicyclic) bond motifs is 1. The van der Waals surface area contributed by atoms with Crippen LogP contribution in [0.1, 0.15) is 10.5 Å². The standard InChI is InChI=1S/C13H8BrN3O/c14-10-5-8-3-1-2-4-11(8)17-12(10)13-15-6-9(7-18)16-13/h1-7H,(H,15,16). The van der Waals surface area contributed by atoms with Crippen molar-refractivity contribution in [1.82, 2.24) is 15.0 Å². The molecule has 0 saturated heterocycles. The number of benzene rings is 1. The van der Waals surface area contributed by atoms with Crippen LogP contribution in [0.5, 0.6) is 0 Å². The summed E-state index contributed by atoms with van der Waals surface area (Å²) in [6, 6.07) is 9.82. The van der Waals surface area contributed by atoms with Crippen molar-refractivity contribution in [2.24, 2.45) is 0 Å². The summed E-state index contributed by atoms with van der Waals surface area (Å²) in [5.74, 6) is 0.578. The predicted molar refractivity (Wildman–Crippen MR) is 72.4 cm³/mol. The van der Waals surface area contributed by atoms with E-state index in [2.05, 4.69) is 30.9 Å². The summed E-state index contributed by atoms with van der Waals surface area (Å²) in [6.45, 7) is 0. The molecule has 0 aliphatic rings. The molecule has 0 saturated carbocycles. The first kappa shape index (κ1) is 11.1. The van der Waals surface area contributed by atoms with E-state index < -0.39 is 0 Å². The summed E-state index contributed by atoms with van der Waals surface area (Å²) in [6.07, 6.45) is 2.22. The molecule has 0 unspecified atom stereocenters. The molecule has 0 bridgehead atoms. The average Bonchev–Trinajstić information content (AvgIpc) is 2.86. The van der Waals surface area contributed by atoms with Gasteiger partial charge in [-0.05, 0) is 28.1 Å². The highest BCUT2D eigenvalue weighted by atomic mass is 79.9. The van der Waals surface area contributed by atoms with Gasteiger partial charge in [-0.25, -0.2) is 9.97 Å². The third-order valence-corrected chi connectivity index (χ3v) is 3.23. The van der Waals surface area contributed by atoms with E-state index in [9.17, 15) is 4.79 Å². The van der Waals surface area contributed by atoms with E-state index in [0.717, 1.165) is 21.7 Å². The number of carbonyl (C=O) groups excluding carboxylic acids is 1. The van der Waals surface area contributed by atoms with E-state index in [4.69, 9.17) is 0 Å². The molecule has 1 aromatic carbocycles. The molecule has 0 amide bonds. The Balaban J connectivity index is 2.21. The Morgan fingerprint density at radius 3 is 2.89 bits per heavy atom. The van der Waals surface area contributed by atoms with Gasteiger partial charge >= 0.3 is 0 Å². The molecule has 0 fully saturated rings. The van der Waals surface area contributed by atoms with Gasteiger partial charge < -0.3 is 4.98 Å². The quantitative estimate of drug-likeness (QED) is 0.740. The minimum atomic E-state index is 0.437. The number of nitrogens with zero attached hydrogens (tertiary/aromatic N) is 2. The SMILES string of the molecule is O=Cc1cnc(-c2nc3ccccc3cc2Br)[nH]1. The molecule has 88 valence electrons. The van der Waals surface area contributed by atoms with Crippen molar-refractivity contribution in [3.63, 3.8) is 0 Å². The molecule has 0 radical (unpaired) electrons. The topological polar surface area (TPSA) is 58.6 Å². The Bertz CT molecular complexity index is 736. The zero-order valence-electron chi connectivity index (χ0n) is 9.22. The average molecular weight is 302 g/mol. The number of nitrogens with one attached hydrogen (secondary N) is 1. The molecule has 4 nitrogen and oxygen atoms in total. The molecule has 2 aromatic heterocycles. The van der Waals surface area contributed by atoms with Gasteiger partial charge in [0, 0.05) is 9.86 Å². The van der Waals surface area contributed by atoms with Crippen LogP contribution in [0.15, 0.2) is 41.0 Å². The number of imidazole rings is 1. The van der Waals surface area contributed by atoms with Gasteiger partial charge in [-0.2, -0.15) is 0 Å². The van der Waals surface area contributed by atoms with E-state index in [1.165, 1.54) is 6.20 Å². The van der Waals surface area contributed by atoms with Gasteiger partial charge in [0.05, 0.1) is 17.4 Å². The first-order valence-electron chi connectivity index (χ1n) is 5.34. The summed E-state index contributed by atoms with van der Waals surface area (Å²) < 4.78 is 0.841. The molecular weight excluding hydrogens is 294 g/mol. The zero-order chi connectivity index (χ0) is 12.5. The molecular formula is C13H8BrN3O. The summed E-state index contributed by atoms with van der Waals surface area (Å²) in [4.78, 5) is 22.2. The first-order valence-corrected chi connectivity index (χ1v) is 6.13. The van der Waals surface area contributed by atoms with Crippen molar-refractivity contribution < 1.29 is 4.79 Å². The van der Waals surface area contributed by atoms with Crippen LogP contribution >= 0.6 is 15.9 Å². The highest BCUT2D eigenvalue weighted by molar-refractivity contribution is 9.10. The van der Waals surface area contributed by atoms with Gasteiger partial charge in [0.2, 0.25) is 0 Å². The fourth-order valence-corrected chi connectivity index (χ4v) is 2.29. The maximum atomic E-state index is 10.6. The van der Waals surface area contributed by atoms with Gasteiger partial charge in [0.25, 0.3) is 0 Å². The van der Waals surface area contributed by atoms with E-state index in [1.54, 1.807) is 0 Å². The molecule has 0 atom stereocenters. The van der Waals surface area contributed by atoms with Gasteiger partial charge in [0.1, 0.15) is 5.69 Å². The monoisotopic (exact) mass is 301 g/mol. The number of rotatable bonds is 2. The Hall–Kier alpha value is -2.01. The molecule has 3 aromatic rings. The predicted octanol–water partition coefficient (Wildman–Crippen LogP) is 3.20. The minimum absolute atomic E-state index is 0.437. The van der Waals surface area contributed by atoms with Gasteiger partial charge in [-0.15, -0.1) is 0 Å². The lowest BCUT2D eigenvalue weighted by atomic mass is 10.2. The fourth-order valence-electron chi connectivity index (χ4n) is 1.77. The van der Waals surface area contributed by atoms with Crippen molar-refractivity contribution in [2.75, 3.05) is 0 Å². The molecule has 18 heavy (non-hydrogen) atoms. The molecule has 1 N–H and O–H groups in total. The third-order valence-electron chi connectivity index (χ3n) is 2.62. The van der Waals surface area contributed by atoms with Gasteiger partial charge in [-0.1, -0.05) is 18.2 Å². The van der Waals surface area contributed by atoms with Crippen LogP contribution in [0.3, 0.4) is 0 Å². The van der Waals surface area contributed by atoms with Crippen LogP contribution < -0.4 is 0 Å². The fraction of sp³-hybridized carbons (Fsp3) is 0. The van der Waals surface area contributed by atoms with Crippen molar-refractivity contribution >= 4 is 33.1 Å². The number of halogens is 1. The summed E-state index contributed by atoms with van der Waals surface area (Å²) >= 11 is 3.47. The van der Waals surface area contributed by atoms with Crippen LogP contribution in [0, 0.1) is 0 Å². The number of pyridine rings is 1. The number of hydrogen-bond donors (Lipinski definition) is 1. The number of para-hydroxylation sites is 1. The van der Waals surface area contributed by atoms with Gasteiger partial charge in [-0.3, -0.25) is 4.79 Å². The van der Waals surface area contributed by atoms with Crippen LogP contribution in [0.2, 0.25) is 0 Å². The lowest BCUT2D eigenvalue weighted by Crippen LogP contribution is -1.90. The summed E-state index contributed by atoms with van der Waals surface area (Å²) in [5.41, 5.74) is 2.02. The third kappa shape index (κ3) is 1.82. The molecule has 5 heteroatoms. The second-order valence-corrected chi connectivity index (χ2v) is 4.67. The first-order chi connectivity index (χ1) is 8.78. The number of carbonyl (C=O) groups is 1. The van der Waals surface area contributed by atoms with Crippen LogP contribution in [-0.4, -0.2) is 21.2 Å². The Morgan fingerprint density at radius 2 is 2.11 bits per heavy atom. The van der Waals surface area contributed by atoms with E-state index >= 15 is 0 Å². The maximum Gasteiger partial charge on any atom is 0.167 e. The van der Waals surface area contributed by atoms with E-state index in [0.29, 0.717) is 17.2 Å². The van der Waals surface area contributed by atoms with E-state index in [-0.39, 0.29) is 0 Å². The van der Waals surface area contributed by atoms with Crippen molar-refractivity contribution in [3.05, 3.63) is 46.7 Å². The lowest BCUT2D eigenvalue weighted by Gasteiger charge is -2.03. The van der Waals surface area contributed by atoms with Crippen LogP contribution in [-0.2, 0) is 0 Å². The Labute approximate surface area is 111 Å². The highest BCUT2D eigenvalue weighted by Gasteiger charge is 2.10. The zero-order valence-corrected chi connectivity index (χ0v) is 10.8. The molecule has 3 rings (SSSR count). The second-order valence-electron chi connectivity index (χ2n) is 3.82. The van der Waals surface area contributed by atoms with Crippen molar-refractivity contribution in [2.45, 2.75) is 0 Å². The lowest BCUT2D eigenvalue weighted by molar-refractivity contribution is 0.111. The molecule has 0 spiro atoms. The minimum Gasteiger partial charge on any atom is -0.334 e. The van der Waals surface area contributed by atoms with Crippen LogP contribution in [0.25, 0.3) is 22.4 Å². The Kier molecular flexibility index (Phi) is 2.68. The molecule has 0 aliphatic heterocycles. The normalized spacial score (nSPS) is 10.7. The summed E-state index contributed by atoms with van der Waals surface area (Å²) in [5, 5.41) is 1.05. The van der Waals surface area contributed by atoms with Crippen molar-refractivity contribution in [3.8, 4) is 11.5 Å². The van der Waals surface area contributed by atoms with Crippen LogP contribution in [0.4, 0.5) is 0 Å². The van der Waals surface area contributed by atoms with E-state index in [1.807, 2.05) is 30.3 Å². The second kappa shape index (κ2) is 4.34. The maximum absolute atomic E-state index is 10.6. The number of H-pyrrole nitrogens is 1. The summed E-state index contributed by atoms with van der Waals surface area (Å²) in [7, 11) is 0. The number of aromatic nitrogens is 3. The highest BCUT2D eigenvalue weighted by Crippen LogP contribution is 2.27. The number of hydrogen-bond acceptors (Lipinski definition) is 3. The van der Waals surface area contributed by atoms with Crippen molar-refractivity contribution in [1.29, 1.82) is 0 Å². The number of aromatic amines is 1. The molecule has 0 aliphatic carbocycles. The molecule has 2 heterocycles. The smallest absolute Gasteiger partial charge is 0.167 e.